The number of nitrogens with one attached hydrogen (secondary N) is 1. The first kappa shape index (κ1) is 17.1. The van der Waals surface area contributed by atoms with Crippen molar-refractivity contribution < 1.29 is 14.3 Å². The number of hydrogen-bond donors (Lipinski definition) is 1. The van der Waals surface area contributed by atoms with E-state index in [0.29, 0.717) is 32.7 Å². The van der Waals surface area contributed by atoms with Crippen molar-refractivity contribution in [2.24, 2.45) is 0 Å². The fraction of sp³-hybridized carbons (Fsp3) is 0.529. The van der Waals surface area contributed by atoms with Crippen molar-refractivity contribution in [3.05, 3.63) is 24.3 Å². The molecular formula is C17H23N3O3. The van der Waals surface area contributed by atoms with Gasteiger partial charge in [-0.05, 0) is 25.1 Å². The Hall–Kier alpha value is -2.26. The van der Waals surface area contributed by atoms with Gasteiger partial charge in [-0.25, -0.2) is 0 Å². The molecule has 2 rings (SSSR count). The molecular weight excluding hydrogens is 294 g/mol. The Morgan fingerprint density at radius 2 is 2.22 bits per heavy atom. The third-order valence-electron chi connectivity index (χ3n) is 3.50. The zero-order chi connectivity index (χ0) is 16.5. The summed E-state index contributed by atoms with van der Waals surface area (Å²) >= 11 is 0. The summed E-state index contributed by atoms with van der Waals surface area (Å²) in [7, 11) is 0. The molecule has 1 N–H and O–H groups in total. The summed E-state index contributed by atoms with van der Waals surface area (Å²) in [5, 5.41) is 11.2. The van der Waals surface area contributed by atoms with Crippen LogP contribution in [0.25, 0.3) is 0 Å². The SMILES string of the molecule is CCCN(CC(=O)NCCC#N)C[C@@H]1COc2ccccc2O1. The molecule has 0 aliphatic carbocycles. The lowest BCUT2D eigenvalue weighted by Crippen LogP contribution is -2.45. The van der Waals surface area contributed by atoms with Crippen molar-refractivity contribution in [2.75, 3.05) is 32.8 Å². The molecule has 124 valence electrons. The largest absolute Gasteiger partial charge is 0.486 e. The Balaban J connectivity index is 1.85. The molecule has 1 atom stereocenters. The van der Waals surface area contributed by atoms with Gasteiger partial charge in [0.2, 0.25) is 5.91 Å². The molecule has 6 nitrogen and oxygen atoms in total. The van der Waals surface area contributed by atoms with Gasteiger partial charge < -0.3 is 14.8 Å². The smallest absolute Gasteiger partial charge is 0.234 e. The van der Waals surface area contributed by atoms with Gasteiger partial charge in [-0.1, -0.05) is 19.1 Å². The van der Waals surface area contributed by atoms with Gasteiger partial charge in [-0.2, -0.15) is 5.26 Å². The number of rotatable bonds is 8. The number of nitriles is 1. The minimum Gasteiger partial charge on any atom is -0.486 e. The second kappa shape index (κ2) is 9.01. The lowest BCUT2D eigenvalue weighted by Gasteiger charge is -2.31. The van der Waals surface area contributed by atoms with Crippen LogP contribution in [-0.2, 0) is 4.79 Å². The fourth-order valence-corrected chi connectivity index (χ4v) is 2.51. The summed E-state index contributed by atoms with van der Waals surface area (Å²) in [6.07, 6.45) is 1.19. The number of carbonyl (C=O) groups excluding carboxylic acids is 1. The van der Waals surface area contributed by atoms with Crippen LogP contribution in [0, 0.1) is 11.3 Å². The predicted molar refractivity (Wildman–Crippen MR) is 86.3 cm³/mol. The molecule has 23 heavy (non-hydrogen) atoms. The van der Waals surface area contributed by atoms with E-state index in [1.807, 2.05) is 30.3 Å². The minimum absolute atomic E-state index is 0.0640. The van der Waals surface area contributed by atoms with E-state index in [0.717, 1.165) is 24.5 Å². The Labute approximate surface area is 137 Å². The monoisotopic (exact) mass is 317 g/mol. The second-order valence-electron chi connectivity index (χ2n) is 5.49. The average Bonchev–Trinajstić information content (AvgIpc) is 2.55. The highest BCUT2D eigenvalue weighted by Crippen LogP contribution is 2.30. The van der Waals surface area contributed by atoms with E-state index in [1.54, 1.807) is 0 Å². The molecule has 0 radical (unpaired) electrons. The fourth-order valence-electron chi connectivity index (χ4n) is 2.51. The Kier molecular flexibility index (Phi) is 6.70. The molecule has 1 aromatic rings. The standard InChI is InChI=1S/C17H23N3O3/c1-2-10-20(12-17(21)19-9-5-8-18)11-14-13-22-15-6-3-4-7-16(15)23-14/h3-4,6-7,14H,2,5,9-13H2,1H3,(H,19,21)/t14-/m1/s1. The van der Waals surface area contributed by atoms with Crippen LogP contribution in [0.3, 0.4) is 0 Å². The summed E-state index contributed by atoms with van der Waals surface area (Å²) in [4.78, 5) is 14.0. The molecule has 0 bridgehead atoms. The number of amides is 1. The number of fused-ring (bicyclic) bond motifs is 1. The normalized spacial score (nSPS) is 16.0. The van der Waals surface area contributed by atoms with Crippen LogP contribution in [0.2, 0.25) is 0 Å². The molecule has 1 aliphatic heterocycles. The van der Waals surface area contributed by atoms with Gasteiger partial charge in [0.25, 0.3) is 0 Å². The number of carbonyl (C=O) groups is 1. The van der Waals surface area contributed by atoms with E-state index in [2.05, 4.69) is 17.1 Å². The first-order valence-corrected chi connectivity index (χ1v) is 7.97. The Morgan fingerprint density at radius 1 is 1.43 bits per heavy atom. The molecule has 0 fully saturated rings. The number of hydrogen-bond acceptors (Lipinski definition) is 5. The molecule has 0 aromatic heterocycles. The van der Waals surface area contributed by atoms with Gasteiger partial charge in [0.15, 0.2) is 11.5 Å². The van der Waals surface area contributed by atoms with Crippen LogP contribution in [-0.4, -0.2) is 49.7 Å². The second-order valence-corrected chi connectivity index (χ2v) is 5.49. The van der Waals surface area contributed by atoms with E-state index >= 15 is 0 Å². The zero-order valence-corrected chi connectivity index (χ0v) is 13.5. The van der Waals surface area contributed by atoms with E-state index in [4.69, 9.17) is 14.7 Å². The van der Waals surface area contributed by atoms with Crippen molar-refractivity contribution in [3.8, 4) is 17.6 Å². The molecule has 1 amide bonds. The number of ether oxygens (including phenoxy) is 2. The molecule has 0 spiro atoms. The molecule has 1 aromatic carbocycles. The van der Waals surface area contributed by atoms with Crippen molar-refractivity contribution in [1.29, 1.82) is 5.26 Å². The van der Waals surface area contributed by atoms with Gasteiger partial charge in [0.1, 0.15) is 12.7 Å². The quantitative estimate of drug-likeness (QED) is 0.737. The number of para-hydroxylation sites is 2. The highest BCUT2D eigenvalue weighted by Gasteiger charge is 2.23. The summed E-state index contributed by atoms with van der Waals surface area (Å²) in [5.74, 6) is 1.45. The van der Waals surface area contributed by atoms with Crippen LogP contribution in [0.15, 0.2) is 24.3 Å². The molecule has 6 heteroatoms. The van der Waals surface area contributed by atoms with Gasteiger partial charge >= 0.3 is 0 Å². The lowest BCUT2D eigenvalue weighted by molar-refractivity contribution is -0.122. The maximum absolute atomic E-state index is 11.9. The third kappa shape index (κ3) is 5.46. The summed E-state index contributed by atoms with van der Waals surface area (Å²) in [5.41, 5.74) is 0. The van der Waals surface area contributed by atoms with Gasteiger partial charge in [-0.15, -0.1) is 0 Å². The van der Waals surface area contributed by atoms with Crippen molar-refractivity contribution in [2.45, 2.75) is 25.9 Å². The Bertz CT molecular complexity index is 556. The molecule has 0 saturated heterocycles. The molecule has 0 unspecified atom stereocenters. The zero-order valence-electron chi connectivity index (χ0n) is 13.5. The number of nitrogens with zero attached hydrogens (tertiary/aromatic N) is 2. The Morgan fingerprint density at radius 3 is 2.96 bits per heavy atom. The highest BCUT2D eigenvalue weighted by molar-refractivity contribution is 5.78. The first-order chi connectivity index (χ1) is 11.2. The highest BCUT2D eigenvalue weighted by atomic mass is 16.6. The predicted octanol–water partition coefficient (Wildman–Crippen LogP) is 1.57. The molecule has 0 saturated carbocycles. The topological polar surface area (TPSA) is 74.6 Å². The van der Waals surface area contributed by atoms with Gasteiger partial charge in [0, 0.05) is 13.1 Å². The summed E-state index contributed by atoms with van der Waals surface area (Å²) < 4.78 is 11.7. The molecule has 1 heterocycles. The average molecular weight is 317 g/mol. The van der Waals surface area contributed by atoms with Gasteiger partial charge in [0.05, 0.1) is 19.0 Å². The van der Waals surface area contributed by atoms with Crippen LogP contribution in [0.4, 0.5) is 0 Å². The third-order valence-corrected chi connectivity index (χ3v) is 3.50. The summed E-state index contributed by atoms with van der Waals surface area (Å²) in [6.45, 7) is 4.70. The van der Waals surface area contributed by atoms with Crippen molar-refractivity contribution >= 4 is 5.91 Å². The van der Waals surface area contributed by atoms with Gasteiger partial charge in [-0.3, -0.25) is 9.69 Å². The van der Waals surface area contributed by atoms with Crippen LogP contribution < -0.4 is 14.8 Å². The van der Waals surface area contributed by atoms with E-state index < -0.39 is 0 Å². The number of benzene rings is 1. The van der Waals surface area contributed by atoms with E-state index in [9.17, 15) is 4.79 Å². The maximum Gasteiger partial charge on any atom is 0.234 e. The van der Waals surface area contributed by atoms with Crippen molar-refractivity contribution in [3.63, 3.8) is 0 Å². The maximum atomic E-state index is 11.9. The van der Waals surface area contributed by atoms with Crippen LogP contribution in [0.1, 0.15) is 19.8 Å². The van der Waals surface area contributed by atoms with E-state index in [-0.39, 0.29) is 12.0 Å². The van der Waals surface area contributed by atoms with Crippen molar-refractivity contribution in [1.82, 2.24) is 10.2 Å². The lowest BCUT2D eigenvalue weighted by atomic mass is 10.2. The van der Waals surface area contributed by atoms with Crippen LogP contribution >= 0.6 is 0 Å². The summed E-state index contributed by atoms with van der Waals surface area (Å²) in [6, 6.07) is 9.62. The first-order valence-electron chi connectivity index (χ1n) is 7.97. The minimum atomic E-state index is -0.0941. The molecule has 1 aliphatic rings. The van der Waals surface area contributed by atoms with Crippen LogP contribution in [0.5, 0.6) is 11.5 Å². The van der Waals surface area contributed by atoms with E-state index in [1.165, 1.54) is 0 Å².